The van der Waals surface area contributed by atoms with Crippen LogP contribution >= 0.6 is 11.6 Å². The second-order valence-corrected chi connectivity index (χ2v) is 7.61. The van der Waals surface area contributed by atoms with Crippen LogP contribution in [0.15, 0.2) is 30.5 Å². The Balaban J connectivity index is 1.76. The predicted molar refractivity (Wildman–Crippen MR) is 105 cm³/mol. The van der Waals surface area contributed by atoms with Crippen molar-refractivity contribution in [2.45, 2.75) is 39.3 Å². The van der Waals surface area contributed by atoms with Crippen LogP contribution in [0.25, 0.3) is 0 Å². The van der Waals surface area contributed by atoms with Gasteiger partial charge in [-0.15, -0.1) is 0 Å². The van der Waals surface area contributed by atoms with E-state index in [1.807, 2.05) is 35.9 Å². The first-order chi connectivity index (χ1) is 12.9. The van der Waals surface area contributed by atoms with E-state index in [0.29, 0.717) is 23.0 Å². The highest BCUT2D eigenvalue weighted by atomic mass is 35.5. The van der Waals surface area contributed by atoms with Crippen LogP contribution in [0.5, 0.6) is 0 Å². The molecule has 2 atom stereocenters. The molecule has 7 heteroatoms. The number of hydrogen-bond acceptors (Lipinski definition) is 3. The van der Waals surface area contributed by atoms with E-state index in [4.69, 9.17) is 11.6 Å². The monoisotopic (exact) mass is 388 g/mol. The van der Waals surface area contributed by atoms with Crippen LogP contribution in [0.2, 0.25) is 5.02 Å². The lowest BCUT2D eigenvalue weighted by Crippen LogP contribution is -2.34. The fourth-order valence-electron chi connectivity index (χ4n) is 3.50. The van der Waals surface area contributed by atoms with E-state index in [2.05, 4.69) is 10.4 Å². The highest BCUT2D eigenvalue weighted by Gasteiger charge is 2.28. The molecule has 2 aromatic rings. The van der Waals surface area contributed by atoms with Crippen LogP contribution in [-0.4, -0.2) is 40.1 Å². The number of halogens is 1. The molecule has 0 radical (unpaired) electrons. The Labute approximate surface area is 164 Å². The summed E-state index contributed by atoms with van der Waals surface area (Å²) in [6.07, 6.45) is 3.34. The van der Waals surface area contributed by atoms with Crippen LogP contribution in [0.1, 0.15) is 47.9 Å². The fraction of sp³-hybridized carbons (Fsp3) is 0.450. The largest absolute Gasteiger partial charge is 0.356 e. The van der Waals surface area contributed by atoms with Gasteiger partial charge in [-0.3, -0.25) is 14.3 Å². The number of aryl methyl sites for hydroxylation is 1. The van der Waals surface area contributed by atoms with Crippen molar-refractivity contribution in [3.05, 3.63) is 52.3 Å². The van der Waals surface area contributed by atoms with Crippen LogP contribution in [0, 0.1) is 5.92 Å². The molecule has 0 unspecified atom stereocenters. The third kappa shape index (κ3) is 4.33. The highest BCUT2D eigenvalue weighted by molar-refractivity contribution is 6.30. The van der Waals surface area contributed by atoms with Crippen molar-refractivity contribution < 1.29 is 9.59 Å². The van der Waals surface area contributed by atoms with Crippen molar-refractivity contribution in [2.24, 2.45) is 5.92 Å². The lowest BCUT2D eigenvalue weighted by molar-refractivity contribution is -0.119. The Kier molecular flexibility index (Phi) is 5.85. The van der Waals surface area contributed by atoms with Gasteiger partial charge in [0.1, 0.15) is 0 Å². The van der Waals surface area contributed by atoms with E-state index in [9.17, 15) is 9.59 Å². The van der Waals surface area contributed by atoms with Gasteiger partial charge >= 0.3 is 0 Å². The van der Waals surface area contributed by atoms with E-state index < -0.39 is 0 Å². The Morgan fingerprint density at radius 1 is 1.44 bits per heavy atom. The molecule has 0 aliphatic carbocycles. The third-order valence-electron chi connectivity index (χ3n) is 5.28. The lowest BCUT2D eigenvalue weighted by Gasteiger charge is -2.27. The normalized spacial score (nSPS) is 17.1. The van der Waals surface area contributed by atoms with E-state index >= 15 is 0 Å². The summed E-state index contributed by atoms with van der Waals surface area (Å²) in [4.78, 5) is 26.0. The maximum atomic E-state index is 13.1. The average Bonchev–Trinajstić information content (AvgIpc) is 3.07. The highest BCUT2D eigenvalue weighted by Crippen LogP contribution is 2.27. The maximum absolute atomic E-state index is 13.1. The van der Waals surface area contributed by atoms with Gasteiger partial charge in [-0.05, 0) is 43.4 Å². The molecule has 0 fully saturated rings. The van der Waals surface area contributed by atoms with Gasteiger partial charge in [0.15, 0.2) is 0 Å². The van der Waals surface area contributed by atoms with E-state index in [1.165, 1.54) is 6.92 Å². The number of nitrogens with one attached hydrogen (secondary N) is 1. The summed E-state index contributed by atoms with van der Waals surface area (Å²) in [5.74, 6) is 0.240. The summed E-state index contributed by atoms with van der Waals surface area (Å²) in [5.41, 5.74) is 2.58. The van der Waals surface area contributed by atoms with Crippen molar-refractivity contribution in [1.82, 2.24) is 20.0 Å². The van der Waals surface area contributed by atoms with Gasteiger partial charge in [0.05, 0.1) is 23.5 Å². The number of carbonyl (C=O) groups is 2. The Hall–Kier alpha value is -2.34. The number of aromatic nitrogens is 2. The average molecular weight is 389 g/mol. The Morgan fingerprint density at radius 2 is 2.22 bits per heavy atom. The molecule has 1 aliphatic heterocycles. The lowest BCUT2D eigenvalue weighted by atomic mass is 9.94. The van der Waals surface area contributed by atoms with Crippen molar-refractivity contribution in [3.8, 4) is 0 Å². The molecule has 0 bridgehead atoms. The van der Waals surface area contributed by atoms with Crippen LogP contribution in [0.3, 0.4) is 0 Å². The number of amides is 2. The number of carbonyl (C=O) groups excluding carboxylic acids is 2. The minimum Gasteiger partial charge on any atom is -0.356 e. The van der Waals surface area contributed by atoms with Gasteiger partial charge in [0, 0.05) is 32.1 Å². The minimum atomic E-state index is -0.106. The third-order valence-corrected chi connectivity index (χ3v) is 5.52. The molecule has 2 amide bonds. The predicted octanol–water partition coefficient (Wildman–Crippen LogP) is 3.07. The number of nitrogens with zero attached hydrogens (tertiary/aromatic N) is 3. The molecular formula is C20H25ClN4O2. The molecule has 0 spiro atoms. The quantitative estimate of drug-likeness (QED) is 0.855. The smallest absolute Gasteiger partial charge is 0.257 e. The standard InChI is InChI=1S/C20H25ClN4O2/c1-13(16-5-4-6-17(21)10-16)24(3)20(27)18-12-23-25-8-7-15(9-19(18)25)11-22-14(2)26/h4-6,10,12-13,15H,7-9,11H2,1-3H3,(H,22,26)/t13-,15+/m1/s1. The van der Waals surface area contributed by atoms with E-state index in [1.54, 1.807) is 18.1 Å². The molecule has 2 heterocycles. The molecule has 6 nitrogen and oxygen atoms in total. The summed E-state index contributed by atoms with van der Waals surface area (Å²) in [6, 6.07) is 7.46. The Morgan fingerprint density at radius 3 is 2.93 bits per heavy atom. The number of rotatable bonds is 5. The summed E-state index contributed by atoms with van der Waals surface area (Å²) in [7, 11) is 1.80. The van der Waals surface area contributed by atoms with Gasteiger partial charge < -0.3 is 10.2 Å². The topological polar surface area (TPSA) is 67.2 Å². The van der Waals surface area contributed by atoms with Gasteiger partial charge in [0.25, 0.3) is 5.91 Å². The molecule has 0 saturated carbocycles. The molecule has 1 N–H and O–H groups in total. The second-order valence-electron chi connectivity index (χ2n) is 7.17. The Bertz CT molecular complexity index is 848. The molecule has 144 valence electrons. The van der Waals surface area contributed by atoms with Crippen molar-refractivity contribution in [3.63, 3.8) is 0 Å². The zero-order valence-corrected chi connectivity index (χ0v) is 16.7. The van der Waals surface area contributed by atoms with Crippen molar-refractivity contribution in [1.29, 1.82) is 0 Å². The summed E-state index contributed by atoms with van der Waals surface area (Å²) in [6.45, 7) is 4.90. The molecule has 1 aromatic heterocycles. The molecule has 1 aromatic carbocycles. The summed E-state index contributed by atoms with van der Waals surface area (Å²) in [5, 5.41) is 7.93. The van der Waals surface area contributed by atoms with Gasteiger partial charge in [0.2, 0.25) is 5.91 Å². The van der Waals surface area contributed by atoms with Crippen LogP contribution in [0.4, 0.5) is 0 Å². The van der Waals surface area contributed by atoms with E-state index in [0.717, 1.165) is 30.6 Å². The first kappa shape index (κ1) is 19.4. The first-order valence-electron chi connectivity index (χ1n) is 9.18. The zero-order valence-electron chi connectivity index (χ0n) is 15.9. The fourth-order valence-corrected chi connectivity index (χ4v) is 3.69. The van der Waals surface area contributed by atoms with Crippen molar-refractivity contribution in [2.75, 3.05) is 13.6 Å². The minimum absolute atomic E-state index is 0.0274. The SMILES string of the molecule is CC(=O)NC[C@H]1CCn2ncc(C(=O)N(C)[C@H](C)c3cccc(Cl)c3)c2C1. The summed E-state index contributed by atoms with van der Waals surface area (Å²) >= 11 is 6.09. The van der Waals surface area contributed by atoms with Gasteiger partial charge in [-0.1, -0.05) is 23.7 Å². The van der Waals surface area contributed by atoms with Crippen LogP contribution in [-0.2, 0) is 17.8 Å². The van der Waals surface area contributed by atoms with E-state index in [-0.39, 0.29) is 17.9 Å². The summed E-state index contributed by atoms with van der Waals surface area (Å²) < 4.78 is 1.91. The van der Waals surface area contributed by atoms with Crippen molar-refractivity contribution >= 4 is 23.4 Å². The van der Waals surface area contributed by atoms with Gasteiger partial charge in [-0.2, -0.15) is 5.10 Å². The molecule has 3 rings (SSSR count). The number of benzene rings is 1. The number of hydrogen-bond donors (Lipinski definition) is 1. The first-order valence-corrected chi connectivity index (χ1v) is 9.56. The number of fused-ring (bicyclic) bond motifs is 1. The zero-order chi connectivity index (χ0) is 19.6. The maximum Gasteiger partial charge on any atom is 0.257 e. The van der Waals surface area contributed by atoms with Crippen LogP contribution < -0.4 is 5.32 Å². The van der Waals surface area contributed by atoms with Gasteiger partial charge in [-0.25, -0.2) is 0 Å². The molecule has 0 saturated heterocycles. The molecular weight excluding hydrogens is 364 g/mol. The molecule has 27 heavy (non-hydrogen) atoms. The molecule has 1 aliphatic rings. The second kappa shape index (κ2) is 8.13.